The number of rotatable bonds is 0. The molecule has 0 atom stereocenters. The van der Waals surface area contributed by atoms with Gasteiger partial charge < -0.3 is 17.1 Å². The normalized spacial score (nSPS) is 8.24. The zero-order chi connectivity index (χ0) is 82.4. The van der Waals surface area contributed by atoms with E-state index in [2.05, 4.69) is 309 Å². The van der Waals surface area contributed by atoms with Crippen LogP contribution in [0.4, 0.5) is 4.70 Å². The number of H-pyrrole nitrogens is 2. The Bertz CT molecular complexity index is 2840. The zero-order valence-electron chi connectivity index (χ0n) is 76.1. The first-order chi connectivity index (χ1) is 50.7. The largest absolute Gasteiger partial charge is 1.00 e. The van der Waals surface area contributed by atoms with Gasteiger partial charge in [-0.05, 0) is 149 Å². The Hall–Kier alpha value is -5.86. The van der Waals surface area contributed by atoms with Gasteiger partial charge in [-0.25, -0.2) is 14.3 Å². The third kappa shape index (κ3) is 171. The summed E-state index contributed by atoms with van der Waals surface area (Å²) >= 11 is 3.06. The van der Waals surface area contributed by atoms with Crippen LogP contribution >= 0.6 is 70.8 Å². The fourth-order valence-corrected chi connectivity index (χ4v) is 5.42. The molecular formula is C97H178FI2KN12OS2. The number of benzene rings is 4. The Morgan fingerprint density at radius 2 is 0.690 bits per heavy atom. The van der Waals surface area contributed by atoms with Gasteiger partial charge in [-0.15, -0.1) is 59.3 Å². The van der Waals surface area contributed by atoms with Crippen LogP contribution in [-0.2, 0) is 0 Å². The predicted octanol–water partition coefficient (Wildman–Crippen LogP) is 31.8. The Morgan fingerprint density at radius 3 is 0.888 bits per heavy atom. The first kappa shape index (κ1) is 148. The van der Waals surface area contributed by atoms with Crippen molar-refractivity contribution in [2.24, 2.45) is 59.2 Å². The number of aromatic nitrogens is 11. The number of fused-ring (bicyclic) bond motifs is 3. The predicted molar refractivity (Wildman–Crippen MR) is 552 cm³/mol. The second kappa shape index (κ2) is 120. The molecule has 0 saturated carbocycles. The van der Waals surface area contributed by atoms with Gasteiger partial charge in [0.25, 0.3) is 0 Å². The van der Waals surface area contributed by atoms with E-state index in [1.807, 2.05) is 157 Å². The number of hydrogen-bond acceptors (Lipinski definition) is 13. The van der Waals surface area contributed by atoms with E-state index in [9.17, 15) is 0 Å². The maximum absolute atomic E-state index is 4.33. The molecule has 116 heavy (non-hydrogen) atoms. The van der Waals surface area contributed by atoms with Gasteiger partial charge in [0.15, 0.2) is 0 Å². The smallest absolute Gasteiger partial charge is 1.00 e. The minimum Gasteiger partial charge on any atom is -1.00 e. The van der Waals surface area contributed by atoms with Crippen LogP contribution < -0.4 is 57.5 Å². The molecule has 0 aliphatic carbocycles. The van der Waals surface area contributed by atoms with Crippen molar-refractivity contribution < 1.29 is 66.3 Å². The van der Waals surface area contributed by atoms with Crippen molar-refractivity contribution in [1.82, 2.24) is 60.8 Å². The first-order valence-electron chi connectivity index (χ1n) is 37.8. The Morgan fingerprint density at radius 1 is 0.336 bits per heavy atom. The van der Waals surface area contributed by atoms with Crippen LogP contribution in [0.2, 0.25) is 0 Å². The van der Waals surface area contributed by atoms with Gasteiger partial charge in [-0.1, -0.05) is 352 Å². The molecule has 0 fully saturated rings. The van der Waals surface area contributed by atoms with Crippen LogP contribution in [0, 0.1) is 59.2 Å². The van der Waals surface area contributed by atoms with Gasteiger partial charge in [-0.2, -0.15) is 5.10 Å². The molecule has 5 N–H and O–H groups in total. The summed E-state index contributed by atoms with van der Waals surface area (Å²) in [4.78, 5) is 26.4. The van der Waals surface area contributed by atoms with Crippen LogP contribution in [-0.4, -0.2) is 54.6 Å². The molecular weight excluding hydrogens is 1730 g/mol. The van der Waals surface area contributed by atoms with E-state index < -0.39 is 0 Å². The van der Waals surface area contributed by atoms with E-state index in [-0.39, 0.29) is 146 Å². The molecule has 0 bridgehead atoms. The first-order valence-corrected chi connectivity index (χ1v) is 39.6. The van der Waals surface area contributed by atoms with Gasteiger partial charge >= 0.3 is 51.4 Å². The van der Waals surface area contributed by atoms with Crippen molar-refractivity contribution in [2.45, 2.75) is 237 Å². The molecule has 0 aliphatic rings. The van der Waals surface area contributed by atoms with E-state index in [0.717, 1.165) is 70.2 Å². The number of para-hydroxylation sites is 3. The summed E-state index contributed by atoms with van der Waals surface area (Å²) in [6, 6.07) is 59.4. The van der Waals surface area contributed by atoms with Crippen LogP contribution in [0.5, 0.6) is 0 Å². The van der Waals surface area contributed by atoms with Crippen LogP contribution in [0.1, 0.15) is 243 Å². The van der Waals surface area contributed by atoms with E-state index in [1.165, 1.54) is 45.8 Å². The van der Waals surface area contributed by atoms with Gasteiger partial charge in [-0.3, -0.25) is 29.7 Å². The molecule has 13 nitrogen and oxygen atoms in total. The standard InChI is InChI=1S/2C9H7N.C8H7N.C6H6.C5H5N.C4H4N2.10C4H10.C3H4N2.C3H3NO.2C3H3NS.4CH4.FH.2HI.K.H3N.3H2.H/c2*1-2-6-9-8(4-1)5-3-7-10-9;1-2-4-8-7(3-1)5-6-9-8;2*1-2-4-6-5-3-1;1-2-5-4-6-3-1;10*1-4(2)3;2*1-2-4-5-3-1;1-2-5-3-4-1;1-2-4-5-3-1;;;;;;;;;;;;;/h2*1-7H;1-6,9H;1-6H;1-5H;1-4H;10*4H,1-3H3;1-3H,(H,4,5);3*1-3H;4*1H4;3*1H;;1H3;3*1H;/q;;;;;;;;;;;;;;;;;;;;;;;;;;;+1;;;;;-1/i;;;;;;;;;;;;;;;;;;;;;;;;;;;;;1+1;;;. The Balaban J connectivity index is -0.0000000489. The van der Waals surface area contributed by atoms with Gasteiger partial charge in [0.1, 0.15) is 12.6 Å². The Kier molecular flexibility index (Phi) is 153. The maximum Gasteiger partial charge on any atom is 1.00 e. The number of thiazole rings is 1. The van der Waals surface area contributed by atoms with E-state index >= 15 is 0 Å². The molecule has 0 amide bonds. The molecule has 9 aromatic heterocycles. The summed E-state index contributed by atoms with van der Waals surface area (Å²) in [5.74, 6) is 8.33. The van der Waals surface area contributed by atoms with Gasteiger partial charge in [0.05, 0.1) is 22.7 Å². The van der Waals surface area contributed by atoms with Gasteiger partial charge in [0.2, 0.25) is 0 Å². The SMILES string of the molecule is C.C.C.C.CC(C)C.CC(C)C.CC(C)C.CC(C)C.CC(C)C.CC(C)C.CC(C)C.CC(C)C.CC(C)C.CC(C)C.F.I.I.N.[2HH].[H-].[HH].[HH].[K+].c1ccc2[nH]ccc2c1.c1ccc2ncccc2c1.c1ccc2ncccc2c1.c1ccccc1.c1ccncc1.c1cn[nH]c1.c1cncnc1.c1cnoc1.c1cnsc1.c1cscn1. The monoisotopic (exact) mass is 1900 g/mol. The maximum atomic E-state index is 4.33. The molecule has 9 heterocycles. The zero-order valence-corrected chi connectivity index (χ0v) is 84.5. The molecule has 13 rings (SSSR count). The molecule has 0 saturated heterocycles. The molecule has 0 spiro atoms. The summed E-state index contributed by atoms with van der Waals surface area (Å²) in [6.45, 7) is 65.0. The molecule has 13 aromatic rings. The summed E-state index contributed by atoms with van der Waals surface area (Å²) in [6.07, 6.45) is 24.0. The van der Waals surface area contributed by atoms with Crippen molar-refractivity contribution in [3.63, 3.8) is 0 Å². The minimum absolute atomic E-state index is 0. The van der Waals surface area contributed by atoms with Crippen molar-refractivity contribution in [2.75, 3.05) is 0 Å². The van der Waals surface area contributed by atoms with Crippen molar-refractivity contribution in [1.29, 1.82) is 0 Å². The molecule has 0 aliphatic heterocycles. The van der Waals surface area contributed by atoms with Crippen LogP contribution in [0.15, 0.2) is 290 Å². The molecule has 0 unspecified atom stereocenters. The quantitative estimate of drug-likeness (QED) is 0.0965. The van der Waals surface area contributed by atoms with E-state index in [1.54, 1.807) is 84.8 Å². The fourth-order valence-electron chi connectivity index (χ4n) is 4.72. The Labute approximate surface area is 804 Å². The number of halogens is 3. The second-order valence-electron chi connectivity index (χ2n) is 29.7. The number of nitrogens with zero attached hydrogens (tertiary/aromatic N) is 9. The number of aromatic amines is 2. The molecule has 19 heteroatoms. The van der Waals surface area contributed by atoms with Crippen molar-refractivity contribution in [3.05, 3.63) is 285 Å². The third-order valence-electron chi connectivity index (χ3n) is 7.65. The molecule has 4 aromatic carbocycles. The molecule has 666 valence electrons. The number of nitrogens with one attached hydrogen (secondary N) is 2. The van der Waals surface area contributed by atoms with Crippen molar-refractivity contribution >= 4 is 104 Å². The average molecular weight is 1910 g/mol. The van der Waals surface area contributed by atoms with E-state index in [0.29, 0.717) is 0 Å². The minimum atomic E-state index is 0. The number of pyridine rings is 3. The topological polar surface area (TPSA) is 196 Å². The van der Waals surface area contributed by atoms with Crippen LogP contribution in [0.3, 0.4) is 0 Å². The summed E-state index contributed by atoms with van der Waals surface area (Å²) in [5.41, 5.74) is 5.12. The summed E-state index contributed by atoms with van der Waals surface area (Å²) in [5, 5.41) is 17.1. The fraction of sp³-hybridized carbons (Fsp3) is 0.454. The summed E-state index contributed by atoms with van der Waals surface area (Å²) < 4.78 is 8.10. The second-order valence-corrected chi connectivity index (χ2v) is 31.1. The number of hydrogen-bond donors (Lipinski definition) is 3. The van der Waals surface area contributed by atoms with Crippen LogP contribution in [0.25, 0.3) is 32.7 Å². The van der Waals surface area contributed by atoms with Crippen molar-refractivity contribution in [3.8, 4) is 0 Å². The summed E-state index contributed by atoms with van der Waals surface area (Å²) in [7, 11) is 0. The third-order valence-corrected chi connectivity index (χ3v) is 8.69. The van der Waals surface area contributed by atoms with E-state index in [4.69, 9.17) is 0 Å². The average Bonchev–Trinajstić information content (AvgIpc) is 1.84. The molecule has 0 radical (unpaired) electrons. The van der Waals surface area contributed by atoms with Gasteiger partial charge in [0, 0.05) is 99.5 Å².